The fourth-order valence-corrected chi connectivity index (χ4v) is 2.80. The maximum atomic E-state index is 12.5. The van der Waals surface area contributed by atoms with Crippen molar-refractivity contribution >= 4 is 23.7 Å². The number of cyclic esters (lactones) is 1. The largest absolute Gasteiger partial charge is 0.439 e. The minimum Gasteiger partial charge on any atom is -0.439 e. The molecule has 10 heteroatoms. The van der Waals surface area contributed by atoms with Crippen LogP contribution in [-0.2, 0) is 15.7 Å². The van der Waals surface area contributed by atoms with Gasteiger partial charge in [0.25, 0.3) is 5.91 Å². The Kier molecular flexibility index (Phi) is 4.27. The van der Waals surface area contributed by atoms with E-state index in [1.807, 2.05) is 0 Å². The van der Waals surface area contributed by atoms with Gasteiger partial charge in [-0.1, -0.05) is 0 Å². The van der Waals surface area contributed by atoms with Crippen LogP contribution in [0.5, 0.6) is 0 Å². The summed E-state index contributed by atoms with van der Waals surface area (Å²) < 4.78 is 42.2. The fraction of sp³-hybridized carbons (Fsp3) is 0.400. The molecular weight excluding hydrogens is 343 g/mol. The van der Waals surface area contributed by atoms with Crippen molar-refractivity contribution in [1.29, 1.82) is 0 Å². The van der Waals surface area contributed by atoms with Crippen LogP contribution in [0.15, 0.2) is 24.3 Å². The van der Waals surface area contributed by atoms with Gasteiger partial charge in [0.1, 0.15) is 0 Å². The van der Waals surface area contributed by atoms with E-state index in [1.54, 1.807) is 0 Å². The molecular formula is C15H14F3N3O4. The minimum atomic E-state index is -4.44. The summed E-state index contributed by atoms with van der Waals surface area (Å²) in [5.41, 5.74) is -0.587. The number of imide groups is 1. The Bertz CT molecular complexity index is 689. The second-order valence-corrected chi connectivity index (χ2v) is 5.71. The van der Waals surface area contributed by atoms with Crippen LogP contribution in [0.3, 0.4) is 0 Å². The predicted octanol–water partition coefficient (Wildman–Crippen LogP) is 2.29. The van der Waals surface area contributed by atoms with Crippen LogP contribution in [0.25, 0.3) is 0 Å². The Balaban J connectivity index is 1.59. The van der Waals surface area contributed by atoms with Crippen LogP contribution in [0.4, 0.5) is 28.4 Å². The van der Waals surface area contributed by atoms with Crippen LogP contribution in [0, 0.1) is 0 Å². The summed E-state index contributed by atoms with van der Waals surface area (Å²) >= 11 is 0. The minimum absolute atomic E-state index is 0.146. The number of carbonyl (C=O) groups is 3. The van der Waals surface area contributed by atoms with Gasteiger partial charge in [-0.25, -0.2) is 14.5 Å². The van der Waals surface area contributed by atoms with E-state index in [4.69, 9.17) is 0 Å². The lowest BCUT2D eigenvalue weighted by Gasteiger charge is -2.21. The third-order valence-electron chi connectivity index (χ3n) is 4.06. The number of rotatable bonds is 2. The van der Waals surface area contributed by atoms with Crippen molar-refractivity contribution in [3.05, 3.63) is 29.8 Å². The zero-order chi connectivity index (χ0) is 18.2. The van der Waals surface area contributed by atoms with E-state index in [2.05, 4.69) is 10.1 Å². The number of hydrogen-bond acceptors (Lipinski definition) is 4. The maximum absolute atomic E-state index is 12.5. The number of amides is 4. The first kappa shape index (κ1) is 17.1. The van der Waals surface area contributed by atoms with Gasteiger partial charge in [-0.05, 0) is 30.7 Å². The second-order valence-electron chi connectivity index (χ2n) is 5.71. The highest BCUT2D eigenvalue weighted by Crippen LogP contribution is 2.30. The van der Waals surface area contributed by atoms with E-state index >= 15 is 0 Å². The average Bonchev–Trinajstić information content (AvgIpc) is 3.14. The summed E-state index contributed by atoms with van der Waals surface area (Å²) in [6, 6.07) is 3.11. The second kappa shape index (κ2) is 6.26. The summed E-state index contributed by atoms with van der Waals surface area (Å²) in [5, 5.41) is 2.50. The lowest BCUT2D eigenvalue weighted by molar-refractivity contribution is -0.137. The number of hydrogen-bond donors (Lipinski definition) is 1. The molecule has 0 bridgehead atoms. The van der Waals surface area contributed by atoms with Crippen molar-refractivity contribution in [2.75, 3.05) is 25.0 Å². The zero-order valence-corrected chi connectivity index (χ0v) is 12.9. The molecule has 134 valence electrons. The van der Waals surface area contributed by atoms with E-state index in [9.17, 15) is 27.6 Å². The molecule has 2 aliphatic heterocycles. The number of alkyl halides is 3. The maximum Gasteiger partial charge on any atom is 0.417 e. The van der Waals surface area contributed by atoms with Gasteiger partial charge in [0.15, 0.2) is 6.61 Å². The van der Waals surface area contributed by atoms with E-state index in [0.29, 0.717) is 13.0 Å². The fourth-order valence-electron chi connectivity index (χ4n) is 2.80. The molecule has 2 aliphatic rings. The first-order chi connectivity index (χ1) is 11.8. The molecule has 0 radical (unpaired) electrons. The lowest BCUT2D eigenvalue weighted by Crippen LogP contribution is -2.42. The van der Waals surface area contributed by atoms with Gasteiger partial charge in [-0.2, -0.15) is 13.2 Å². The molecule has 2 heterocycles. The van der Waals surface area contributed by atoms with Crippen molar-refractivity contribution < 1.29 is 32.3 Å². The van der Waals surface area contributed by atoms with Crippen LogP contribution in [-0.4, -0.2) is 53.6 Å². The van der Waals surface area contributed by atoms with Crippen LogP contribution < -0.4 is 5.32 Å². The first-order valence-corrected chi connectivity index (χ1v) is 7.48. The van der Waals surface area contributed by atoms with Gasteiger partial charge in [-0.3, -0.25) is 4.79 Å². The molecule has 0 aromatic heterocycles. The summed E-state index contributed by atoms with van der Waals surface area (Å²) in [6.07, 6.45) is -4.75. The molecule has 1 aromatic carbocycles. The highest BCUT2D eigenvalue weighted by Gasteiger charge is 2.41. The monoisotopic (exact) mass is 357 g/mol. The molecule has 7 nitrogen and oxygen atoms in total. The Labute approximate surface area is 140 Å². The number of likely N-dealkylation sites (tertiary alicyclic amines) is 1. The molecule has 2 saturated heterocycles. The highest BCUT2D eigenvalue weighted by molar-refractivity contribution is 5.98. The Hall–Kier alpha value is -2.78. The van der Waals surface area contributed by atoms with Gasteiger partial charge in [0, 0.05) is 18.8 Å². The average molecular weight is 357 g/mol. The molecule has 3 rings (SSSR count). The smallest absolute Gasteiger partial charge is 0.417 e. The Morgan fingerprint density at radius 3 is 2.44 bits per heavy atom. The van der Waals surface area contributed by atoms with E-state index in [-0.39, 0.29) is 18.8 Å². The van der Waals surface area contributed by atoms with Crippen molar-refractivity contribution in [3.8, 4) is 0 Å². The van der Waals surface area contributed by atoms with Crippen LogP contribution in [0.2, 0.25) is 0 Å². The summed E-state index contributed by atoms with van der Waals surface area (Å²) in [7, 11) is 0. The summed E-state index contributed by atoms with van der Waals surface area (Å²) in [4.78, 5) is 37.7. The van der Waals surface area contributed by atoms with Crippen molar-refractivity contribution in [1.82, 2.24) is 9.80 Å². The number of urea groups is 1. The predicted molar refractivity (Wildman–Crippen MR) is 78.6 cm³/mol. The normalized spacial score (nSPS) is 20.8. The number of ether oxygens (including phenoxy) is 1. The molecule has 2 fully saturated rings. The SMILES string of the molecule is O=C(Nc1ccc(C(F)(F)F)cc1)N1CCC(N2C(=O)COC2=O)C1. The summed E-state index contributed by atoms with van der Waals surface area (Å²) in [6.45, 7) is 0.161. The quantitative estimate of drug-likeness (QED) is 0.881. The van der Waals surface area contributed by atoms with Crippen molar-refractivity contribution in [3.63, 3.8) is 0 Å². The molecule has 4 amide bonds. The van der Waals surface area contributed by atoms with Gasteiger partial charge in [0.05, 0.1) is 11.6 Å². The van der Waals surface area contributed by atoms with E-state index < -0.39 is 35.8 Å². The number of carbonyl (C=O) groups excluding carboxylic acids is 3. The highest BCUT2D eigenvalue weighted by atomic mass is 19.4. The molecule has 1 N–H and O–H groups in total. The molecule has 0 spiro atoms. The summed E-state index contributed by atoms with van der Waals surface area (Å²) in [5.74, 6) is -0.444. The van der Waals surface area contributed by atoms with Crippen LogP contribution >= 0.6 is 0 Å². The first-order valence-electron chi connectivity index (χ1n) is 7.48. The Morgan fingerprint density at radius 1 is 1.20 bits per heavy atom. The third kappa shape index (κ3) is 3.52. The van der Waals surface area contributed by atoms with Crippen LogP contribution in [0.1, 0.15) is 12.0 Å². The van der Waals surface area contributed by atoms with Crippen molar-refractivity contribution in [2.45, 2.75) is 18.6 Å². The van der Waals surface area contributed by atoms with Gasteiger partial charge in [0.2, 0.25) is 0 Å². The number of nitrogens with zero attached hydrogens (tertiary/aromatic N) is 2. The number of nitrogens with one attached hydrogen (secondary N) is 1. The zero-order valence-electron chi connectivity index (χ0n) is 12.9. The molecule has 1 atom stereocenters. The van der Waals surface area contributed by atoms with Gasteiger partial charge < -0.3 is 15.0 Å². The molecule has 25 heavy (non-hydrogen) atoms. The molecule has 0 aliphatic carbocycles. The van der Waals surface area contributed by atoms with E-state index in [0.717, 1.165) is 29.2 Å². The third-order valence-corrected chi connectivity index (χ3v) is 4.06. The topological polar surface area (TPSA) is 79.0 Å². The Morgan fingerprint density at radius 2 is 1.88 bits per heavy atom. The van der Waals surface area contributed by atoms with Gasteiger partial charge in [-0.15, -0.1) is 0 Å². The van der Waals surface area contributed by atoms with Crippen molar-refractivity contribution in [2.24, 2.45) is 0 Å². The number of anilines is 1. The number of halogens is 3. The van der Waals surface area contributed by atoms with E-state index in [1.165, 1.54) is 4.90 Å². The molecule has 1 aromatic rings. The molecule has 0 saturated carbocycles. The number of benzene rings is 1. The lowest BCUT2D eigenvalue weighted by atomic mass is 10.2. The van der Waals surface area contributed by atoms with Gasteiger partial charge >= 0.3 is 18.3 Å². The molecule has 1 unspecified atom stereocenters. The standard InChI is InChI=1S/C15H14F3N3O4/c16-15(17,18)9-1-3-10(4-2-9)19-13(23)20-6-5-11(7-20)21-12(22)8-25-14(21)24/h1-4,11H,5-8H2,(H,19,23).